The van der Waals surface area contributed by atoms with Crippen LogP contribution in [0.15, 0.2) is 97.3 Å². The highest BCUT2D eigenvalue weighted by Gasteiger charge is 2.59. The predicted octanol–water partition coefficient (Wildman–Crippen LogP) is 3.47. The molecule has 0 unspecified atom stereocenters. The average Bonchev–Trinajstić information content (AvgIpc) is 3.60. The number of aromatic nitrogens is 4. The molecule has 6 N–H and O–H groups in total. The molecule has 1 saturated heterocycles. The molecule has 0 aliphatic carbocycles. The Morgan fingerprint density at radius 3 is 2.10 bits per heavy atom. The number of ether oxygens (including phenoxy) is 4. The molecule has 0 amide bonds. The lowest BCUT2D eigenvalue weighted by Crippen LogP contribution is -2.57. The van der Waals surface area contributed by atoms with Crippen LogP contribution in [0, 0.1) is 0 Å². The van der Waals surface area contributed by atoms with Gasteiger partial charge in [0.1, 0.15) is 12.2 Å². The minimum absolute atomic E-state index is 0.215. The van der Waals surface area contributed by atoms with Crippen molar-refractivity contribution in [2.45, 2.75) is 43.9 Å². The predicted molar refractivity (Wildman–Crippen MR) is 152 cm³/mol. The Labute approximate surface area is 237 Å². The zero-order valence-electron chi connectivity index (χ0n) is 22.5. The summed E-state index contributed by atoms with van der Waals surface area (Å²) in [5, 5.41) is 0. The van der Waals surface area contributed by atoms with Gasteiger partial charge in [-0.15, -0.1) is 0 Å². The molecule has 3 aromatic carbocycles. The molecule has 10 heteroatoms. The van der Waals surface area contributed by atoms with Gasteiger partial charge in [-0.25, -0.2) is 4.98 Å². The summed E-state index contributed by atoms with van der Waals surface area (Å²) in [5.74, 6) is 0.561. The quantitative estimate of drug-likeness (QED) is 0.211. The van der Waals surface area contributed by atoms with E-state index in [1.165, 1.54) is 0 Å². The van der Waals surface area contributed by atoms with Gasteiger partial charge in [-0.05, 0) is 16.7 Å². The van der Waals surface area contributed by atoms with Gasteiger partial charge in [0.2, 0.25) is 11.3 Å². The van der Waals surface area contributed by atoms with Crippen LogP contribution in [-0.4, -0.2) is 39.5 Å². The fourth-order valence-corrected chi connectivity index (χ4v) is 5.02. The summed E-state index contributed by atoms with van der Waals surface area (Å²) >= 11 is 0. The summed E-state index contributed by atoms with van der Waals surface area (Å²) in [5.41, 5.74) is 16.1. The smallest absolute Gasteiger partial charge is 0.305 e. The zero-order chi connectivity index (χ0) is 28.1. The molecule has 1 aliphatic heterocycles. The van der Waals surface area contributed by atoms with E-state index >= 15 is 0 Å². The number of nitrogens with one attached hydrogen (secondary N) is 2. The second-order valence-electron chi connectivity index (χ2n) is 10.0. The Kier molecular flexibility index (Phi) is 7.99. The van der Waals surface area contributed by atoms with Crippen molar-refractivity contribution in [3.05, 3.63) is 120 Å². The third-order valence-corrected chi connectivity index (χ3v) is 7.11. The molecule has 10 nitrogen and oxygen atoms in total. The summed E-state index contributed by atoms with van der Waals surface area (Å²) in [6, 6.07) is 29.6. The summed E-state index contributed by atoms with van der Waals surface area (Å²) in [7, 11) is 0. The summed E-state index contributed by atoms with van der Waals surface area (Å²) < 4.78 is 25.7. The van der Waals surface area contributed by atoms with Crippen LogP contribution >= 0.6 is 0 Å². The molecule has 0 bridgehead atoms. The van der Waals surface area contributed by atoms with Crippen molar-refractivity contribution in [1.82, 2.24) is 15.0 Å². The van der Waals surface area contributed by atoms with Crippen LogP contribution in [0.1, 0.15) is 28.6 Å². The number of nitrogens with zero attached hydrogens (tertiary/aromatic N) is 2. The summed E-state index contributed by atoms with van der Waals surface area (Å²) in [6.45, 7) is 1.16. The third-order valence-electron chi connectivity index (χ3n) is 7.11. The number of hydrogen-bond donors (Lipinski definition) is 3. The first-order chi connectivity index (χ1) is 20.1. The molecule has 0 spiro atoms. The van der Waals surface area contributed by atoms with E-state index in [1.54, 1.807) is 6.33 Å². The lowest BCUT2D eigenvalue weighted by atomic mass is 9.99. The van der Waals surface area contributed by atoms with E-state index in [0.29, 0.717) is 30.2 Å². The van der Waals surface area contributed by atoms with Crippen LogP contribution in [0.2, 0.25) is 0 Å². The van der Waals surface area contributed by atoms with Crippen molar-refractivity contribution in [2.75, 3.05) is 12.3 Å². The number of imidazole rings is 1. The Morgan fingerprint density at radius 2 is 1.44 bits per heavy atom. The summed E-state index contributed by atoms with van der Waals surface area (Å²) in [6.07, 6.45) is -0.554. The van der Waals surface area contributed by atoms with E-state index in [0.717, 1.165) is 16.7 Å². The molecular formula is C31H33N6O4+. The van der Waals surface area contributed by atoms with Crippen LogP contribution in [-0.2, 0) is 38.8 Å². The van der Waals surface area contributed by atoms with E-state index < -0.39 is 24.0 Å². The van der Waals surface area contributed by atoms with E-state index in [-0.39, 0.29) is 19.0 Å². The van der Waals surface area contributed by atoms with E-state index in [1.807, 2.05) is 91.0 Å². The number of nitrogens with two attached hydrogens (primary N) is 2. The van der Waals surface area contributed by atoms with E-state index in [9.17, 15) is 0 Å². The minimum Gasteiger partial charge on any atom is -0.380 e. The minimum atomic E-state index is -1.47. The van der Waals surface area contributed by atoms with Gasteiger partial charge in [-0.2, -0.15) is 4.98 Å². The van der Waals surface area contributed by atoms with Gasteiger partial charge in [-0.3, -0.25) is 10.7 Å². The Morgan fingerprint density at radius 1 is 0.829 bits per heavy atom. The highest BCUT2D eigenvalue weighted by Crippen LogP contribution is 2.43. The van der Waals surface area contributed by atoms with Crippen LogP contribution in [0.3, 0.4) is 0 Å². The first kappa shape index (κ1) is 27.0. The Hall–Kier alpha value is -4.19. The molecule has 4 atom stereocenters. The number of rotatable bonds is 11. The van der Waals surface area contributed by atoms with Gasteiger partial charge in [0, 0.05) is 0 Å². The van der Waals surface area contributed by atoms with Crippen LogP contribution in [0.5, 0.6) is 0 Å². The lowest BCUT2D eigenvalue weighted by Gasteiger charge is -2.34. The molecule has 210 valence electrons. The van der Waals surface area contributed by atoms with Crippen molar-refractivity contribution < 1.29 is 23.9 Å². The van der Waals surface area contributed by atoms with Crippen LogP contribution < -0.4 is 16.5 Å². The molecule has 6 rings (SSSR count). The van der Waals surface area contributed by atoms with Crippen molar-refractivity contribution in [3.8, 4) is 0 Å². The van der Waals surface area contributed by atoms with Gasteiger partial charge >= 0.3 is 5.65 Å². The standard InChI is InChI=1S/C31H32N6O4/c32-28-25-29(35-20-34-25)37-30(36-28)27-31(33,40-18-23-14-8-3-9-15-23)26(39-17-22-12-6-2-7-13-22)24(41-27)19-38-16-21-10-4-1-5-11-21/h1-15,20,24,26-27H,16-19,33H2,(H3,32,34,35,36,37)/p+1/t24-,26-,27+,31+/m1/s1. The largest absolute Gasteiger partial charge is 0.380 e. The van der Waals surface area contributed by atoms with E-state index in [4.69, 9.17) is 30.4 Å². The molecule has 0 radical (unpaired) electrons. The average molecular weight is 554 g/mol. The summed E-state index contributed by atoms with van der Waals surface area (Å²) in [4.78, 5) is 15.3. The van der Waals surface area contributed by atoms with Crippen molar-refractivity contribution in [3.63, 3.8) is 0 Å². The normalized spacial score (nSPS) is 22.3. The molecule has 0 saturated carbocycles. The molecule has 2 aromatic heterocycles. The second-order valence-corrected chi connectivity index (χ2v) is 10.0. The maximum atomic E-state index is 7.17. The molecule has 1 aliphatic rings. The molecule has 3 heterocycles. The SMILES string of the molecule is Nc1nc([C@@H]2O[C@H](COCc3ccccc3)[C@@H](OCc3ccccc3)[C@]2(N)OCc2ccccc2)nc2[nH+]c[nH]c12. The Bertz CT molecular complexity index is 1550. The van der Waals surface area contributed by atoms with Crippen molar-refractivity contribution in [1.29, 1.82) is 0 Å². The number of anilines is 1. The van der Waals surface area contributed by atoms with Crippen molar-refractivity contribution >= 4 is 17.0 Å². The lowest BCUT2D eigenvalue weighted by molar-refractivity contribution is -0.347. The number of H-pyrrole nitrogens is 2. The molecular weight excluding hydrogens is 520 g/mol. The zero-order valence-corrected chi connectivity index (χ0v) is 22.5. The number of fused-ring (bicyclic) bond motifs is 1. The first-order valence-electron chi connectivity index (χ1n) is 13.5. The maximum Gasteiger partial charge on any atom is 0.305 e. The third kappa shape index (κ3) is 5.97. The fraction of sp³-hybridized carbons (Fsp3) is 0.258. The van der Waals surface area contributed by atoms with Gasteiger partial charge in [-0.1, -0.05) is 96.0 Å². The highest BCUT2D eigenvalue weighted by atomic mass is 16.6. The molecule has 41 heavy (non-hydrogen) atoms. The Balaban J connectivity index is 1.33. The highest BCUT2D eigenvalue weighted by molar-refractivity contribution is 5.78. The second kappa shape index (κ2) is 12.1. The topological polar surface area (TPSA) is 145 Å². The van der Waals surface area contributed by atoms with Gasteiger partial charge in [0.25, 0.3) is 0 Å². The van der Waals surface area contributed by atoms with Gasteiger partial charge in [0.05, 0.1) is 26.4 Å². The van der Waals surface area contributed by atoms with Crippen LogP contribution in [0.25, 0.3) is 11.2 Å². The monoisotopic (exact) mass is 553 g/mol. The van der Waals surface area contributed by atoms with Crippen LogP contribution in [0.4, 0.5) is 5.82 Å². The molecule has 5 aromatic rings. The molecule has 1 fully saturated rings. The number of nitrogen functional groups attached to an aromatic ring is 1. The first-order valence-corrected chi connectivity index (χ1v) is 13.5. The van der Waals surface area contributed by atoms with E-state index in [2.05, 4.69) is 19.9 Å². The maximum absolute atomic E-state index is 7.17. The van der Waals surface area contributed by atoms with Gasteiger partial charge in [0.15, 0.2) is 24.0 Å². The fourth-order valence-electron chi connectivity index (χ4n) is 5.02. The number of aromatic amines is 2. The van der Waals surface area contributed by atoms with Gasteiger partial charge < -0.3 is 24.7 Å². The van der Waals surface area contributed by atoms with Crippen molar-refractivity contribution in [2.24, 2.45) is 5.73 Å². The number of benzene rings is 3. The number of hydrogen-bond acceptors (Lipinski definition) is 8.